The molecule has 6 nitrogen and oxygen atoms in total. The van der Waals surface area contributed by atoms with Crippen molar-refractivity contribution in [1.29, 1.82) is 0 Å². The van der Waals surface area contributed by atoms with Crippen LogP contribution in [-0.4, -0.2) is 36.4 Å². The molecule has 2 rings (SSSR count). The molecule has 0 saturated heterocycles. The lowest BCUT2D eigenvalue weighted by Crippen LogP contribution is -2.26. The van der Waals surface area contributed by atoms with Crippen molar-refractivity contribution in [3.8, 4) is 0 Å². The van der Waals surface area contributed by atoms with Crippen LogP contribution in [0.25, 0.3) is 0 Å². The van der Waals surface area contributed by atoms with Gasteiger partial charge in [0.2, 0.25) is 0 Å². The summed E-state index contributed by atoms with van der Waals surface area (Å²) in [6.45, 7) is 8.81. The number of nitrogens with zero attached hydrogens (tertiary/aromatic N) is 2. The zero-order valence-electron chi connectivity index (χ0n) is 17.0. The maximum absolute atomic E-state index is 12.5. The first-order valence-corrected chi connectivity index (χ1v) is 10.0. The molecule has 6 heteroatoms. The minimum atomic E-state index is -0.337. The Balaban J connectivity index is 1.99. The van der Waals surface area contributed by atoms with Crippen molar-refractivity contribution in [2.24, 2.45) is 0 Å². The number of amides is 2. The van der Waals surface area contributed by atoms with Crippen LogP contribution in [-0.2, 0) is 0 Å². The van der Waals surface area contributed by atoms with E-state index in [1.54, 1.807) is 18.2 Å². The van der Waals surface area contributed by atoms with Gasteiger partial charge in [-0.1, -0.05) is 25.8 Å². The van der Waals surface area contributed by atoms with Gasteiger partial charge in [-0.2, -0.15) is 0 Å². The molecule has 0 saturated carbocycles. The molecule has 2 aromatic rings. The van der Waals surface area contributed by atoms with Gasteiger partial charge in [0.15, 0.2) is 0 Å². The molecule has 0 radical (unpaired) electrons. The van der Waals surface area contributed by atoms with Crippen molar-refractivity contribution in [1.82, 2.24) is 10.3 Å². The second-order valence-electron chi connectivity index (χ2n) is 6.54. The number of hydrogen-bond acceptors (Lipinski definition) is 4. The molecule has 0 bridgehead atoms. The monoisotopic (exact) mass is 382 g/mol. The van der Waals surface area contributed by atoms with E-state index >= 15 is 0 Å². The number of nitrogens with one attached hydrogen (secondary N) is 2. The lowest BCUT2D eigenvalue weighted by Gasteiger charge is -2.21. The van der Waals surface area contributed by atoms with Crippen LogP contribution < -0.4 is 15.5 Å². The van der Waals surface area contributed by atoms with Crippen LogP contribution in [0.3, 0.4) is 0 Å². The van der Waals surface area contributed by atoms with Gasteiger partial charge in [-0.3, -0.25) is 9.59 Å². The molecule has 0 aliphatic carbocycles. The predicted octanol–water partition coefficient (Wildman–Crippen LogP) is 4.10. The smallest absolute Gasteiger partial charge is 0.274 e. The highest BCUT2D eigenvalue weighted by atomic mass is 16.2. The van der Waals surface area contributed by atoms with Crippen LogP contribution in [0.2, 0.25) is 0 Å². The van der Waals surface area contributed by atoms with Crippen molar-refractivity contribution in [2.75, 3.05) is 29.9 Å². The molecule has 28 heavy (non-hydrogen) atoms. The second-order valence-corrected chi connectivity index (χ2v) is 6.54. The highest BCUT2D eigenvalue weighted by Gasteiger charge is 2.12. The van der Waals surface area contributed by atoms with Gasteiger partial charge < -0.3 is 15.5 Å². The Kier molecular flexibility index (Phi) is 8.46. The first-order valence-electron chi connectivity index (χ1n) is 10.0. The van der Waals surface area contributed by atoms with E-state index in [0.29, 0.717) is 12.2 Å². The van der Waals surface area contributed by atoms with Crippen molar-refractivity contribution >= 4 is 23.2 Å². The highest BCUT2D eigenvalue weighted by molar-refractivity contribution is 6.03. The zero-order valence-corrected chi connectivity index (χ0v) is 17.0. The van der Waals surface area contributed by atoms with Gasteiger partial charge >= 0.3 is 0 Å². The zero-order chi connectivity index (χ0) is 20.4. The Morgan fingerprint density at radius 2 is 1.54 bits per heavy atom. The normalized spacial score (nSPS) is 10.4. The van der Waals surface area contributed by atoms with Crippen LogP contribution in [0.4, 0.5) is 11.4 Å². The molecule has 2 amide bonds. The van der Waals surface area contributed by atoms with Gasteiger partial charge in [0.05, 0.1) is 0 Å². The maximum Gasteiger partial charge on any atom is 0.274 e. The van der Waals surface area contributed by atoms with Crippen LogP contribution in [0.5, 0.6) is 0 Å². The van der Waals surface area contributed by atoms with Crippen LogP contribution in [0.1, 0.15) is 61.0 Å². The Hall–Kier alpha value is -2.89. The van der Waals surface area contributed by atoms with E-state index in [-0.39, 0.29) is 23.2 Å². The molecule has 150 valence electrons. The summed E-state index contributed by atoms with van der Waals surface area (Å²) in [5.74, 6) is -0.592. The predicted molar refractivity (Wildman–Crippen MR) is 114 cm³/mol. The van der Waals surface area contributed by atoms with Gasteiger partial charge in [-0.25, -0.2) is 4.98 Å². The molecular weight excluding hydrogens is 352 g/mol. The van der Waals surface area contributed by atoms with Gasteiger partial charge in [0, 0.05) is 31.0 Å². The fourth-order valence-electron chi connectivity index (χ4n) is 2.89. The molecule has 0 aliphatic heterocycles. The molecule has 2 N–H and O–H groups in total. The van der Waals surface area contributed by atoms with Crippen molar-refractivity contribution in [3.63, 3.8) is 0 Å². The van der Waals surface area contributed by atoms with E-state index in [2.05, 4.69) is 41.3 Å². The van der Waals surface area contributed by atoms with E-state index in [1.807, 2.05) is 24.3 Å². The van der Waals surface area contributed by atoms with Gasteiger partial charge in [0.1, 0.15) is 11.4 Å². The van der Waals surface area contributed by atoms with Gasteiger partial charge in [0.25, 0.3) is 11.8 Å². The first kappa shape index (κ1) is 21.4. The van der Waals surface area contributed by atoms with E-state index in [0.717, 1.165) is 38.0 Å². The third-order valence-corrected chi connectivity index (χ3v) is 4.53. The Labute approximate surface area is 167 Å². The summed E-state index contributed by atoms with van der Waals surface area (Å²) in [5.41, 5.74) is 2.27. The average molecular weight is 383 g/mol. The quantitative estimate of drug-likeness (QED) is 0.607. The van der Waals surface area contributed by atoms with Gasteiger partial charge in [-0.05, 0) is 56.7 Å². The van der Waals surface area contributed by atoms with Crippen LogP contribution in [0, 0.1) is 0 Å². The molecule has 0 fully saturated rings. The molecule has 1 heterocycles. The fourth-order valence-corrected chi connectivity index (χ4v) is 2.89. The van der Waals surface area contributed by atoms with Crippen molar-refractivity contribution in [2.45, 2.75) is 40.0 Å². The second kappa shape index (κ2) is 11.1. The first-order chi connectivity index (χ1) is 13.6. The van der Waals surface area contributed by atoms with Crippen molar-refractivity contribution in [3.05, 3.63) is 53.9 Å². The SMILES string of the molecule is CCCCCNC(=O)c1cccc(C(=O)Nc2ccc(N(CC)CC)cc2)n1. The highest BCUT2D eigenvalue weighted by Crippen LogP contribution is 2.18. The summed E-state index contributed by atoms with van der Waals surface area (Å²) < 4.78 is 0. The number of benzene rings is 1. The molecule has 0 aliphatic rings. The number of unbranched alkanes of at least 4 members (excludes halogenated alkanes) is 2. The lowest BCUT2D eigenvalue weighted by molar-refractivity contribution is 0.0947. The number of pyridine rings is 1. The van der Waals surface area contributed by atoms with Crippen molar-refractivity contribution < 1.29 is 9.59 Å². The number of carbonyl (C=O) groups is 2. The number of carbonyl (C=O) groups excluding carboxylic acids is 2. The third-order valence-electron chi connectivity index (χ3n) is 4.53. The number of hydrogen-bond donors (Lipinski definition) is 2. The number of aromatic nitrogens is 1. The summed E-state index contributed by atoms with van der Waals surface area (Å²) in [4.78, 5) is 31.1. The minimum absolute atomic E-state index is 0.217. The fraction of sp³-hybridized carbons (Fsp3) is 0.409. The van der Waals surface area contributed by atoms with Crippen LogP contribution >= 0.6 is 0 Å². The standard InChI is InChI=1S/C22H30N4O2/c1-4-7-8-16-23-21(27)19-10-9-11-20(25-19)22(28)24-17-12-14-18(15-13-17)26(5-2)6-3/h9-15H,4-8,16H2,1-3H3,(H,23,27)(H,24,28). The van der Waals surface area contributed by atoms with E-state index < -0.39 is 0 Å². The van der Waals surface area contributed by atoms with Gasteiger partial charge in [-0.15, -0.1) is 0 Å². The Bertz CT molecular complexity index is 770. The van der Waals surface area contributed by atoms with E-state index in [9.17, 15) is 9.59 Å². The third kappa shape index (κ3) is 6.08. The topological polar surface area (TPSA) is 74.3 Å². The molecular formula is C22H30N4O2. The molecule has 1 aromatic heterocycles. The summed E-state index contributed by atoms with van der Waals surface area (Å²) in [6, 6.07) is 12.6. The maximum atomic E-state index is 12.5. The Morgan fingerprint density at radius 1 is 0.893 bits per heavy atom. The summed E-state index contributed by atoms with van der Waals surface area (Å²) in [5, 5.41) is 5.67. The van der Waals surface area contributed by atoms with E-state index in [4.69, 9.17) is 0 Å². The number of anilines is 2. The van der Waals surface area contributed by atoms with E-state index in [1.165, 1.54) is 0 Å². The largest absolute Gasteiger partial charge is 0.372 e. The molecule has 0 atom stereocenters. The average Bonchev–Trinajstić information content (AvgIpc) is 2.73. The Morgan fingerprint density at radius 3 is 2.14 bits per heavy atom. The molecule has 1 aromatic carbocycles. The number of rotatable bonds is 10. The summed E-state index contributed by atoms with van der Waals surface area (Å²) in [6.07, 6.45) is 3.11. The molecule has 0 spiro atoms. The lowest BCUT2D eigenvalue weighted by atomic mass is 10.2. The summed E-state index contributed by atoms with van der Waals surface area (Å²) in [7, 11) is 0. The van der Waals surface area contributed by atoms with Crippen LogP contribution in [0.15, 0.2) is 42.5 Å². The molecule has 0 unspecified atom stereocenters. The summed E-state index contributed by atoms with van der Waals surface area (Å²) >= 11 is 0. The minimum Gasteiger partial charge on any atom is -0.372 e.